The summed E-state index contributed by atoms with van der Waals surface area (Å²) in [6.45, 7) is 0. The molecule has 0 aliphatic heterocycles. The molecule has 0 bridgehead atoms. The van der Waals surface area contributed by atoms with Crippen LogP contribution in [0.4, 0.5) is 11.4 Å². The van der Waals surface area contributed by atoms with Gasteiger partial charge in [0.25, 0.3) is 0 Å². The first-order valence-corrected chi connectivity index (χ1v) is 11.2. The number of imidazole rings is 1. The molecule has 0 saturated heterocycles. The molecule has 3 aromatic rings. The van der Waals surface area contributed by atoms with Crippen LogP contribution in [0.25, 0.3) is 28.1 Å². The van der Waals surface area contributed by atoms with Gasteiger partial charge in [-0.05, 0) is 30.3 Å². The number of aromatic nitrogens is 2. The lowest BCUT2D eigenvalue weighted by Crippen LogP contribution is -2.35. The zero-order valence-corrected chi connectivity index (χ0v) is 20.6. The van der Waals surface area contributed by atoms with E-state index in [0.29, 0.717) is 11.6 Å². The van der Waals surface area contributed by atoms with Gasteiger partial charge in [0.1, 0.15) is 5.82 Å². The Morgan fingerprint density at radius 1 is 0.882 bits per heavy atom. The normalized spacial score (nSPS) is 17.7. The Hall–Kier alpha value is -3.55. The number of nitrogens with one attached hydrogen (secondary N) is 1. The van der Waals surface area contributed by atoms with Gasteiger partial charge in [-0.15, -0.1) is 0 Å². The molecule has 0 fully saturated rings. The number of ether oxygens (including phenoxy) is 2. The summed E-state index contributed by atoms with van der Waals surface area (Å²) in [5, 5.41) is 10.7. The van der Waals surface area contributed by atoms with Gasteiger partial charge in [-0.3, -0.25) is 0 Å². The molecule has 0 spiro atoms. The first-order chi connectivity index (χ1) is 16.3. The van der Waals surface area contributed by atoms with Crippen molar-refractivity contribution >= 4 is 16.9 Å². The fourth-order valence-electron chi connectivity index (χ4n) is 4.00. The fraction of sp³-hybridized carbons (Fsp3) is 0.296. The SMILES string of the molecule is COC1=CC(c2nc(-c3ccc(N(C)C)cc3)c(-c3ccc(N(C)C)cc3)[nH]2)=CCC1(O)OC. The van der Waals surface area contributed by atoms with E-state index >= 15 is 0 Å². The summed E-state index contributed by atoms with van der Waals surface area (Å²) in [6.07, 6.45) is 3.94. The Bertz CT molecular complexity index is 1140. The molecule has 34 heavy (non-hydrogen) atoms. The number of nitrogens with zero attached hydrogens (tertiary/aromatic N) is 3. The van der Waals surface area contributed by atoms with Gasteiger partial charge >= 0.3 is 0 Å². The fourth-order valence-corrected chi connectivity index (χ4v) is 4.00. The largest absolute Gasteiger partial charge is 0.495 e. The van der Waals surface area contributed by atoms with Gasteiger partial charge in [0.15, 0.2) is 5.76 Å². The van der Waals surface area contributed by atoms with Crippen LogP contribution in [-0.4, -0.2) is 63.3 Å². The van der Waals surface area contributed by atoms with Crippen LogP contribution in [0.2, 0.25) is 0 Å². The highest BCUT2D eigenvalue weighted by Gasteiger charge is 2.35. The highest BCUT2D eigenvalue weighted by molar-refractivity contribution is 5.83. The number of H-pyrrole nitrogens is 1. The smallest absolute Gasteiger partial charge is 0.228 e. The minimum atomic E-state index is -1.47. The van der Waals surface area contributed by atoms with Crippen molar-refractivity contribution in [3.63, 3.8) is 0 Å². The average molecular weight is 461 g/mol. The van der Waals surface area contributed by atoms with E-state index in [1.54, 1.807) is 6.08 Å². The number of allylic oxidation sites excluding steroid dienone is 2. The molecule has 7 nitrogen and oxygen atoms in total. The number of methoxy groups -OCH3 is 2. The maximum absolute atomic E-state index is 10.7. The van der Waals surface area contributed by atoms with Crippen LogP contribution in [-0.2, 0) is 9.47 Å². The van der Waals surface area contributed by atoms with Crippen LogP contribution in [0, 0.1) is 0 Å². The molecular weight excluding hydrogens is 428 g/mol. The van der Waals surface area contributed by atoms with Gasteiger partial charge in [0, 0.05) is 69.8 Å². The van der Waals surface area contributed by atoms with E-state index in [9.17, 15) is 5.11 Å². The maximum Gasteiger partial charge on any atom is 0.228 e. The average Bonchev–Trinajstić information content (AvgIpc) is 3.30. The summed E-state index contributed by atoms with van der Waals surface area (Å²) in [4.78, 5) is 12.6. The standard InChI is InChI=1S/C27H32N4O3/c1-30(2)21-11-7-18(8-12-21)24-25(19-9-13-22(14-10-19)31(3)4)29-26(28-24)20-15-16-27(32,34-6)23(17-20)33-5/h7-15,17,32H,16H2,1-6H3,(H,28,29). The number of benzene rings is 2. The van der Waals surface area contributed by atoms with E-state index in [2.05, 4.69) is 63.3 Å². The highest BCUT2D eigenvalue weighted by atomic mass is 16.6. The number of rotatable bonds is 7. The van der Waals surface area contributed by atoms with E-state index in [1.807, 2.05) is 34.3 Å². The first-order valence-electron chi connectivity index (χ1n) is 11.2. The molecule has 1 aliphatic carbocycles. The molecule has 4 rings (SSSR count). The molecule has 1 heterocycles. The second-order valence-corrected chi connectivity index (χ2v) is 8.76. The Balaban J connectivity index is 1.81. The van der Waals surface area contributed by atoms with Crippen molar-refractivity contribution in [2.24, 2.45) is 0 Å². The lowest BCUT2D eigenvalue weighted by molar-refractivity contribution is -0.177. The van der Waals surface area contributed by atoms with Crippen molar-refractivity contribution in [3.05, 3.63) is 72.3 Å². The predicted molar refractivity (Wildman–Crippen MR) is 138 cm³/mol. The summed E-state index contributed by atoms with van der Waals surface area (Å²) >= 11 is 0. The predicted octanol–water partition coefficient (Wildman–Crippen LogP) is 4.53. The van der Waals surface area contributed by atoms with Crippen molar-refractivity contribution in [3.8, 4) is 22.5 Å². The minimum absolute atomic E-state index is 0.263. The molecule has 0 radical (unpaired) electrons. The minimum Gasteiger partial charge on any atom is -0.495 e. The number of hydrogen-bond acceptors (Lipinski definition) is 6. The van der Waals surface area contributed by atoms with E-state index in [4.69, 9.17) is 14.5 Å². The Kier molecular flexibility index (Phi) is 6.50. The van der Waals surface area contributed by atoms with Crippen molar-refractivity contribution in [2.75, 3.05) is 52.2 Å². The molecule has 1 aliphatic rings. The number of aromatic amines is 1. The third kappa shape index (κ3) is 4.44. The van der Waals surface area contributed by atoms with Crippen LogP contribution in [0.1, 0.15) is 12.2 Å². The summed E-state index contributed by atoms with van der Waals surface area (Å²) in [7, 11) is 11.1. The van der Waals surface area contributed by atoms with Crippen LogP contribution in [0.5, 0.6) is 0 Å². The topological polar surface area (TPSA) is 73.9 Å². The third-order valence-corrected chi connectivity index (χ3v) is 6.13. The van der Waals surface area contributed by atoms with Crippen molar-refractivity contribution in [2.45, 2.75) is 12.2 Å². The number of anilines is 2. The third-order valence-electron chi connectivity index (χ3n) is 6.13. The summed E-state index contributed by atoms with van der Waals surface area (Å²) in [5.74, 6) is -0.427. The second-order valence-electron chi connectivity index (χ2n) is 8.76. The zero-order valence-electron chi connectivity index (χ0n) is 20.6. The van der Waals surface area contributed by atoms with Crippen LogP contribution < -0.4 is 9.80 Å². The van der Waals surface area contributed by atoms with Gasteiger partial charge < -0.3 is 29.4 Å². The summed E-state index contributed by atoms with van der Waals surface area (Å²) in [5.41, 5.74) is 6.93. The van der Waals surface area contributed by atoms with Gasteiger partial charge in [0.05, 0.1) is 18.5 Å². The number of aliphatic hydroxyl groups is 1. The molecule has 7 heteroatoms. The van der Waals surface area contributed by atoms with Crippen molar-refractivity contribution in [1.82, 2.24) is 9.97 Å². The molecule has 1 atom stereocenters. The summed E-state index contributed by atoms with van der Waals surface area (Å²) in [6, 6.07) is 16.7. The zero-order chi connectivity index (χ0) is 24.5. The lowest BCUT2D eigenvalue weighted by Gasteiger charge is -2.29. The molecule has 2 N–H and O–H groups in total. The van der Waals surface area contributed by atoms with Crippen molar-refractivity contribution in [1.29, 1.82) is 0 Å². The Morgan fingerprint density at radius 2 is 1.44 bits per heavy atom. The monoisotopic (exact) mass is 460 g/mol. The Labute approximate surface area is 201 Å². The van der Waals surface area contributed by atoms with E-state index in [1.165, 1.54) is 14.2 Å². The first kappa shape index (κ1) is 23.6. The lowest BCUT2D eigenvalue weighted by atomic mass is 9.99. The molecule has 2 aromatic carbocycles. The van der Waals surface area contributed by atoms with E-state index in [0.717, 1.165) is 39.5 Å². The molecule has 1 aromatic heterocycles. The van der Waals surface area contributed by atoms with Crippen LogP contribution in [0.3, 0.4) is 0 Å². The van der Waals surface area contributed by atoms with Gasteiger partial charge in [-0.2, -0.15) is 0 Å². The van der Waals surface area contributed by atoms with Gasteiger partial charge in [-0.25, -0.2) is 4.98 Å². The second kappa shape index (κ2) is 9.37. The van der Waals surface area contributed by atoms with Crippen LogP contribution in [0.15, 0.2) is 66.4 Å². The molecule has 178 valence electrons. The van der Waals surface area contributed by atoms with E-state index in [-0.39, 0.29) is 6.42 Å². The van der Waals surface area contributed by atoms with Crippen molar-refractivity contribution < 1.29 is 14.6 Å². The highest BCUT2D eigenvalue weighted by Crippen LogP contribution is 2.37. The molecule has 0 saturated carbocycles. The molecule has 1 unspecified atom stereocenters. The van der Waals surface area contributed by atoms with Crippen LogP contribution >= 0.6 is 0 Å². The number of hydrogen-bond donors (Lipinski definition) is 2. The molecule has 0 amide bonds. The molecular formula is C27H32N4O3. The van der Waals surface area contributed by atoms with Gasteiger partial charge in [-0.1, -0.05) is 30.3 Å². The quantitative estimate of drug-likeness (QED) is 0.505. The van der Waals surface area contributed by atoms with E-state index < -0.39 is 5.79 Å². The van der Waals surface area contributed by atoms with Gasteiger partial charge in [0.2, 0.25) is 5.79 Å². The maximum atomic E-state index is 10.7. The summed E-state index contributed by atoms with van der Waals surface area (Å²) < 4.78 is 10.7. The Morgan fingerprint density at radius 3 is 1.94 bits per heavy atom.